The molecule has 0 saturated carbocycles. The van der Waals surface area contributed by atoms with Crippen LogP contribution in [-0.2, 0) is 11.2 Å². The van der Waals surface area contributed by atoms with Crippen LogP contribution in [0, 0.1) is 0 Å². The van der Waals surface area contributed by atoms with E-state index < -0.39 is 0 Å². The lowest BCUT2D eigenvalue weighted by atomic mass is 10.2. The number of carbonyl (C=O) groups is 1. The van der Waals surface area contributed by atoms with E-state index in [2.05, 4.69) is 6.92 Å². The predicted octanol–water partition coefficient (Wildman–Crippen LogP) is 4.12. The van der Waals surface area contributed by atoms with E-state index in [0.717, 1.165) is 30.0 Å². The molecule has 0 spiro atoms. The number of anilines is 1. The van der Waals surface area contributed by atoms with E-state index in [1.807, 2.05) is 52.7 Å². The van der Waals surface area contributed by atoms with Crippen molar-refractivity contribution in [1.82, 2.24) is 0 Å². The standard InChI is InChI=1S/C16H19NOS/c1-2-3-11-17(14-8-5-4-6-9-14)16(18)13-15-10-7-12-19-15/h4-10,12H,2-3,11,13H2,1H3. The van der Waals surface area contributed by atoms with Gasteiger partial charge in [0.1, 0.15) is 0 Å². The summed E-state index contributed by atoms with van der Waals surface area (Å²) in [6, 6.07) is 14.0. The maximum Gasteiger partial charge on any atom is 0.232 e. The van der Waals surface area contributed by atoms with E-state index in [0.29, 0.717) is 6.42 Å². The zero-order chi connectivity index (χ0) is 13.5. The van der Waals surface area contributed by atoms with Crippen LogP contribution in [0.15, 0.2) is 47.8 Å². The van der Waals surface area contributed by atoms with Crippen molar-refractivity contribution in [2.45, 2.75) is 26.2 Å². The molecule has 2 aromatic rings. The topological polar surface area (TPSA) is 20.3 Å². The lowest BCUT2D eigenvalue weighted by Crippen LogP contribution is -2.33. The highest BCUT2D eigenvalue weighted by molar-refractivity contribution is 7.10. The molecule has 1 aromatic carbocycles. The lowest BCUT2D eigenvalue weighted by molar-refractivity contribution is -0.117. The minimum Gasteiger partial charge on any atom is -0.312 e. The third kappa shape index (κ3) is 3.93. The molecule has 0 unspecified atom stereocenters. The summed E-state index contributed by atoms with van der Waals surface area (Å²) in [7, 11) is 0. The van der Waals surface area contributed by atoms with E-state index in [9.17, 15) is 4.79 Å². The van der Waals surface area contributed by atoms with Gasteiger partial charge in [0.25, 0.3) is 0 Å². The van der Waals surface area contributed by atoms with Crippen molar-refractivity contribution >= 4 is 22.9 Å². The number of thiophene rings is 1. The first kappa shape index (κ1) is 13.8. The SMILES string of the molecule is CCCCN(C(=O)Cc1cccs1)c1ccccc1. The van der Waals surface area contributed by atoms with Crippen LogP contribution in [-0.4, -0.2) is 12.5 Å². The van der Waals surface area contributed by atoms with Gasteiger partial charge in [-0.05, 0) is 30.0 Å². The maximum atomic E-state index is 12.4. The molecule has 0 saturated heterocycles. The van der Waals surface area contributed by atoms with Gasteiger partial charge < -0.3 is 4.90 Å². The number of hydrogen-bond donors (Lipinski definition) is 0. The lowest BCUT2D eigenvalue weighted by Gasteiger charge is -2.22. The van der Waals surface area contributed by atoms with Crippen molar-refractivity contribution < 1.29 is 4.79 Å². The molecule has 2 rings (SSSR count). The Balaban J connectivity index is 2.10. The second-order valence-electron chi connectivity index (χ2n) is 4.49. The smallest absolute Gasteiger partial charge is 0.232 e. The molecule has 0 bridgehead atoms. The van der Waals surface area contributed by atoms with E-state index in [-0.39, 0.29) is 5.91 Å². The Labute approximate surface area is 118 Å². The van der Waals surface area contributed by atoms with Gasteiger partial charge in [0, 0.05) is 17.1 Å². The number of rotatable bonds is 6. The van der Waals surface area contributed by atoms with Crippen molar-refractivity contribution in [3.8, 4) is 0 Å². The molecule has 1 amide bonds. The molecule has 0 aliphatic carbocycles. The molecule has 0 N–H and O–H groups in total. The summed E-state index contributed by atoms with van der Waals surface area (Å²) < 4.78 is 0. The van der Waals surface area contributed by atoms with Gasteiger partial charge in [-0.25, -0.2) is 0 Å². The number of para-hydroxylation sites is 1. The van der Waals surface area contributed by atoms with Crippen LogP contribution < -0.4 is 4.90 Å². The van der Waals surface area contributed by atoms with Crippen molar-refractivity contribution in [3.05, 3.63) is 52.7 Å². The normalized spacial score (nSPS) is 10.4. The molecule has 0 aliphatic heterocycles. The van der Waals surface area contributed by atoms with Crippen molar-refractivity contribution in [2.75, 3.05) is 11.4 Å². The van der Waals surface area contributed by atoms with E-state index in [4.69, 9.17) is 0 Å². The summed E-state index contributed by atoms with van der Waals surface area (Å²) in [6.45, 7) is 2.94. The molecule has 1 heterocycles. The van der Waals surface area contributed by atoms with Crippen LogP contribution in [0.25, 0.3) is 0 Å². The number of unbranched alkanes of at least 4 members (excludes halogenated alkanes) is 1. The highest BCUT2D eigenvalue weighted by Gasteiger charge is 2.15. The first-order chi connectivity index (χ1) is 9.31. The summed E-state index contributed by atoms with van der Waals surface area (Å²) in [6.07, 6.45) is 2.62. The first-order valence-electron chi connectivity index (χ1n) is 6.69. The van der Waals surface area contributed by atoms with Crippen LogP contribution in [0.5, 0.6) is 0 Å². The van der Waals surface area contributed by atoms with Crippen LogP contribution in [0.3, 0.4) is 0 Å². The van der Waals surface area contributed by atoms with Gasteiger partial charge >= 0.3 is 0 Å². The number of benzene rings is 1. The Morgan fingerprint density at radius 3 is 2.58 bits per heavy atom. The first-order valence-corrected chi connectivity index (χ1v) is 7.57. The molecule has 0 atom stereocenters. The van der Waals surface area contributed by atoms with E-state index in [1.165, 1.54) is 0 Å². The Hall–Kier alpha value is -1.61. The van der Waals surface area contributed by atoms with Gasteiger partial charge in [0.2, 0.25) is 5.91 Å². The minimum atomic E-state index is 0.183. The Morgan fingerprint density at radius 1 is 1.16 bits per heavy atom. The van der Waals surface area contributed by atoms with Crippen molar-refractivity contribution in [2.24, 2.45) is 0 Å². The number of carbonyl (C=O) groups excluding carboxylic acids is 1. The quantitative estimate of drug-likeness (QED) is 0.775. The summed E-state index contributed by atoms with van der Waals surface area (Å²) in [5, 5.41) is 2.02. The molecule has 0 radical (unpaired) electrons. The maximum absolute atomic E-state index is 12.4. The van der Waals surface area contributed by atoms with Crippen LogP contribution in [0.2, 0.25) is 0 Å². The highest BCUT2D eigenvalue weighted by Crippen LogP contribution is 2.17. The van der Waals surface area contributed by atoms with Gasteiger partial charge in [0.15, 0.2) is 0 Å². The van der Waals surface area contributed by atoms with Gasteiger partial charge in [-0.3, -0.25) is 4.79 Å². The molecular weight excluding hydrogens is 254 g/mol. The Kier molecular flexibility index (Phi) is 5.16. The zero-order valence-electron chi connectivity index (χ0n) is 11.2. The summed E-state index contributed by atoms with van der Waals surface area (Å²) in [5.74, 6) is 0.183. The third-order valence-corrected chi connectivity index (χ3v) is 3.89. The number of nitrogens with zero attached hydrogens (tertiary/aromatic N) is 1. The molecule has 1 aromatic heterocycles. The molecule has 3 heteroatoms. The second kappa shape index (κ2) is 7.10. The zero-order valence-corrected chi connectivity index (χ0v) is 12.0. The van der Waals surface area contributed by atoms with Gasteiger partial charge in [0.05, 0.1) is 6.42 Å². The molecule has 19 heavy (non-hydrogen) atoms. The Morgan fingerprint density at radius 2 is 1.95 bits per heavy atom. The van der Waals surface area contributed by atoms with E-state index >= 15 is 0 Å². The van der Waals surface area contributed by atoms with Crippen molar-refractivity contribution in [3.63, 3.8) is 0 Å². The molecular formula is C16H19NOS. The van der Waals surface area contributed by atoms with E-state index in [1.54, 1.807) is 11.3 Å². The molecule has 2 nitrogen and oxygen atoms in total. The molecule has 0 aliphatic rings. The summed E-state index contributed by atoms with van der Waals surface area (Å²) >= 11 is 1.64. The third-order valence-electron chi connectivity index (χ3n) is 3.01. The fourth-order valence-corrected chi connectivity index (χ4v) is 2.68. The fraction of sp³-hybridized carbons (Fsp3) is 0.312. The van der Waals surface area contributed by atoms with Gasteiger partial charge in [-0.1, -0.05) is 37.6 Å². The fourth-order valence-electron chi connectivity index (χ4n) is 1.98. The van der Waals surface area contributed by atoms with Crippen LogP contribution >= 0.6 is 11.3 Å². The minimum absolute atomic E-state index is 0.183. The average Bonchev–Trinajstić information content (AvgIpc) is 2.93. The largest absolute Gasteiger partial charge is 0.312 e. The molecule has 100 valence electrons. The summed E-state index contributed by atoms with van der Waals surface area (Å²) in [4.78, 5) is 15.5. The second-order valence-corrected chi connectivity index (χ2v) is 5.52. The van der Waals surface area contributed by atoms with Crippen LogP contribution in [0.1, 0.15) is 24.6 Å². The van der Waals surface area contributed by atoms with Gasteiger partial charge in [-0.15, -0.1) is 11.3 Å². The van der Waals surface area contributed by atoms with Crippen LogP contribution in [0.4, 0.5) is 5.69 Å². The molecule has 0 fully saturated rings. The average molecular weight is 273 g/mol. The number of amides is 1. The van der Waals surface area contributed by atoms with Crippen molar-refractivity contribution in [1.29, 1.82) is 0 Å². The number of hydrogen-bond acceptors (Lipinski definition) is 2. The summed E-state index contributed by atoms with van der Waals surface area (Å²) in [5.41, 5.74) is 0.998. The predicted molar refractivity (Wildman–Crippen MR) is 81.7 cm³/mol. The monoisotopic (exact) mass is 273 g/mol. The Bertz CT molecular complexity index is 493. The van der Waals surface area contributed by atoms with Gasteiger partial charge in [-0.2, -0.15) is 0 Å². The highest BCUT2D eigenvalue weighted by atomic mass is 32.1.